The lowest BCUT2D eigenvalue weighted by atomic mass is 10.4. The van der Waals surface area contributed by atoms with Crippen molar-refractivity contribution in [2.24, 2.45) is 4.99 Å². The molecule has 132 valence electrons. The lowest BCUT2D eigenvalue weighted by Gasteiger charge is -2.11. The predicted octanol–water partition coefficient (Wildman–Crippen LogP) is 3.03. The van der Waals surface area contributed by atoms with Gasteiger partial charge < -0.3 is 15.2 Å². The summed E-state index contributed by atoms with van der Waals surface area (Å²) in [4.78, 5) is 5.41. The molecule has 0 aliphatic carbocycles. The van der Waals surface area contributed by atoms with E-state index in [1.165, 1.54) is 4.90 Å². The van der Waals surface area contributed by atoms with Crippen LogP contribution in [0.4, 0.5) is 0 Å². The van der Waals surface area contributed by atoms with E-state index in [2.05, 4.69) is 32.7 Å². The third kappa shape index (κ3) is 6.86. The summed E-state index contributed by atoms with van der Waals surface area (Å²) in [6.07, 6.45) is 1.73. The molecule has 9 heteroatoms. The number of hydrogen-bond acceptors (Lipinski definition) is 4. The van der Waals surface area contributed by atoms with E-state index >= 15 is 0 Å². The van der Waals surface area contributed by atoms with Gasteiger partial charge in [-0.25, -0.2) is 0 Å². The van der Waals surface area contributed by atoms with Crippen molar-refractivity contribution in [2.75, 3.05) is 19.3 Å². The molecule has 0 bridgehead atoms. The number of nitrogens with zero attached hydrogens (tertiary/aromatic N) is 4. The van der Waals surface area contributed by atoms with Crippen LogP contribution in [0.25, 0.3) is 0 Å². The van der Waals surface area contributed by atoms with E-state index in [0.29, 0.717) is 6.54 Å². The maximum atomic E-state index is 5.88. The molecule has 2 aromatic rings. The normalized spacial score (nSPS) is 11.0. The fraction of sp³-hybridized carbons (Fsp3) is 0.400. The minimum atomic E-state index is 0. The zero-order valence-electron chi connectivity index (χ0n) is 13.7. The highest BCUT2D eigenvalue weighted by Crippen LogP contribution is 2.19. The van der Waals surface area contributed by atoms with E-state index in [-0.39, 0.29) is 24.0 Å². The second-order valence-corrected chi connectivity index (χ2v) is 6.29. The van der Waals surface area contributed by atoms with Crippen LogP contribution in [0, 0.1) is 0 Å². The summed E-state index contributed by atoms with van der Waals surface area (Å²) in [5, 5.41) is 15.3. The molecule has 1 heterocycles. The Morgan fingerprint density at radius 2 is 2.04 bits per heavy atom. The van der Waals surface area contributed by atoms with Crippen LogP contribution in [0.5, 0.6) is 0 Å². The van der Waals surface area contributed by atoms with E-state index in [9.17, 15) is 0 Å². The summed E-state index contributed by atoms with van der Waals surface area (Å²) in [6.45, 7) is 4.33. The van der Waals surface area contributed by atoms with Crippen LogP contribution in [-0.2, 0) is 13.1 Å². The molecule has 0 spiro atoms. The lowest BCUT2D eigenvalue weighted by molar-refractivity contribution is 0.671. The quantitative estimate of drug-likeness (QED) is 0.210. The smallest absolute Gasteiger partial charge is 0.191 e. The Morgan fingerprint density at radius 3 is 2.71 bits per heavy atom. The molecule has 0 fully saturated rings. The summed E-state index contributed by atoms with van der Waals surface area (Å²) in [7, 11) is 1.76. The molecule has 6 nitrogen and oxygen atoms in total. The number of halogens is 2. The van der Waals surface area contributed by atoms with Gasteiger partial charge in [0.2, 0.25) is 0 Å². The fourth-order valence-corrected chi connectivity index (χ4v) is 2.83. The highest BCUT2D eigenvalue weighted by molar-refractivity contribution is 14.0. The predicted molar refractivity (Wildman–Crippen MR) is 111 cm³/mol. The van der Waals surface area contributed by atoms with Crippen molar-refractivity contribution in [1.29, 1.82) is 0 Å². The number of hydrogen-bond donors (Lipinski definition) is 2. The van der Waals surface area contributed by atoms with Crippen LogP contribution < -0.4 is 10.6 Å². The first-order valence-corrected chi connectivity index (χ1v) is 8.79. The highest BCUT2D eigenvalue weighted by atomic mass is 127. The molecule has 0 unspecified atom stereocenters. The standard InChI is InChI=1S/C15H21ClN6S.HI/c1-3-22-11-20-21-14(22)10-19-15(17-2)18-8-9-23-13-6-4-12(16)5-7-13;/h4-7,11H,3,8-10H2,1-2H3,(H2,17,18,19);1H. The minimum absolute atomic E-state index is 0. The second kappa shape index (κ2) is 11.5. The lowest BCUT2D eigenvalue weighted by Crippen LogP contribution is -2.38. The number of aromatic nitrogens is 3. The first kappa shape index (κ1) is 21.0. The average Bonchev–Trinajstić information content (AvgIpc) is 3.03. The Labute approximate surface area is 168 Å². The maximum Gasteiger partial charge on any atom is 0.191 e. The van der Waals surface area contributed by atoms with E-state index in [4.69, 9.17) is 11.6 Å². The summed E-state index contributed by atoms with van der Waals surface area (Å²) < 4.78 is 2.00. The molecule has 0 aliphatic heterocycles. The number of benzene rings is 1. The Bertz CT molecular complexity index is 631. The topological polar surface area (TPSA) is 67.1 Å². The molecule has 0 radical (unpaired) electrons. The van der Waals surface area contributed by atoms with Gasteiger partial charge >= 0.3 is 0 Å². The molecular weight excluding hydrogens is 459 g/mol. The van der Waals surface area contributed by atoms with Crippen molar-refractivity contribution in [3.63, 3.8) is 0 Å². The van der Waals surface area contributed by atoms with Crippen LogP contribution in [0.3, 0.4) is 0 Å². The van der Waals surface area contributed by atoms with Crippen LogP contribution in [0.2, 0.25) is 5.02 Å². The Balaban J connectivity index is 0.00000288. The van der Waals surface area contributed by atoms with Crippen molar-refractivity contribution in [2.45, 2.75) is 24.9 Å². The average molecular weight is 481 g/mol. The maximum absolute atomic E-state index is 5.88. The number of thioether (sulfide) groups is 1. The van der Waals surface area contributed by atoms with Crippen molar-refractivity contribution in [3.8, 4) is 0 Å². The Hall–Kier alpha value is -1.000. The van der Waals surface area contributed by atoms with Crippen LogP contribution >= 0.6 is 47.3 Å². The monoisotopic (exact) mass is 480 g/mol. The summed E-state index contributed by atoms with van der Waals surface area (Å²) in [6, 6.07) is 7.86. The SMILES string of the molecule is CCn1cnnc1CNC(=NC)NCCSc1ccc(Cl)cc1.I. The largest absolute Gasteiger partial charge is 0.356 e. The van der Waals surface area contributed by atoms with Gasteiger partial charge in [-0.05, 0) is 31.2 Å². The molecular formula is C15H22ClIN6S. The van der Waals surface area contributed by atoms with Gasteiger partial charge in [0.05, 0.1) is 6.54 Å². The molecule has 1 aromatic heterocycles. The Morgan fingerprint density at radius 1 is 1.29 bits per heavy atom. The third-order valence-electron chi connectivity index (χ3n) is 3.15. The van der Waals surface area contributed by atoms with Gasteiger partial charge in [0.1, 0.15) is 6.33 Å². The van der Waals surface area contributed by atoms with Gasteiger partial charge in [0, 0.05) is 35.8 Å². The molecule has 0 saturated heterocycles. The summed E-state index contributed by atoms with van der Waals surface area (Å²) in [5.41, 5.74) is 0. The van der Waals surface area contributed by atoms with Gasteiger partial charge in [-0.3, -0.25) is 4.99 Å². The highest BCUT2D eigenvalue weighted by Gasteiger charge is 2.04. The third-order valence-corrected chi connectivity index (χ3v) is 4.42. The zero-order chi connectivity index (χ0) is 16.5. The molecule has 0 atom stereocenters. The zero-order valence-corrected chi connectivity index (χ0v) is 17.6. The molecule has 0 aliphatic rings. The van der Waals surface area contributed by atoms with Crippen LogP contribution in [-0.4, -0.2) is 40.1 Å². The van der Waals surface area contributed by atoms with Crippen molar-refractivity contribution in [1.82, 2.24) is 25.4 Å². The van der Waals surface area contributed by atoms with E-state index in [1.54, 1.807) is 25.1 Å². The van der Waals surface area contributed by atoms with E-state index in [0.717, 1.165) is 35.6 Å². The summed E-state index contributed by atoms with van der Waals surface area (Å²) in [5.74, 6) is 2.59. The van der Waals surface area contributed by atoms with Crippen LogP contribution in [0.15, 0.2) is 40.5 Å². The number of aryl methyl sites for hydroxylation is 1. The first-order valence-electron chi connectivity index (χ1n) is 7.42. The second-order valence-electron chi connectivity index (χ2n) is 4.69. The minimum Gasteiger partial charge on any atom is -0.356 e. The Kier molecular flexibility index (Phi) is 10.1. The first-order chi connectivity index (χ1) is 11.2. The molecule has 2 rings (SSSR count). The molecule has 24 heavy (non-hydrogen) atoms. The van der Waals surface area contributed by atoms with Gasteiger partial charge in [-0.15, -0.1) is 45.9 Å². The van der Waals surface area contributed by atoms with E-state index in [1.807, 2.05) is 28.8 Å². The molecule has 1 aromatic carbocycles. The summed E-state index contributed by atoms with van der Waals surface area (Å²) >= 11 is 7.65. The van der Waals surface area contributed by atoms with Crippen molar-refractivity contribution < 1.29 is 0 Å². The van der Waals surface area contributed by atoms with Crippen molar-refractivity contribution >= 4 is 53.3 Å². The van der Waals surface area contributed by atoms with Gasteiger partial charge in [0.25, 0.3) is 0 Å². The molecule has 0 amide bonds. The fourth-order valence-electron chi connectivity index (χ4n) is 1.93. The number of aliphatic imine (C=N–C) groups is 1. The molecule has 2 N–H and O–H groups in total. The molecule has 0 saturated carbocycles. The number of nitrogens with one attached hydrogen (secondary N) is 2. The number of guanidine groups is 1. The van der Waals surface area contributed by atoms with Gasteiger partial charge in [-0.1, -0.05) is 11.6 Å². The van der Waals surface area contributed by atoms with Gasteiger partial charge in [-0.2, -0.15) is 0 Å². The van der Waals surface area contributed by atoms with E-state index < -0.39 is 0 Å². The number of rotatable bonds is 7. The van der Waals surface area contributed by atoms with Crippen LogP contribution in [0.1, 0.15) is 12.7 Å². The van der Waals surface area contributed by atoms with Crippen molar-refractivity contribution in [3.05, 3.63) is 41.4 Å². The van der Waals surface area contributed by atoms with Gasteiger partial charge in [0.15, 0.2) is 11.8 Å².